The topological polar surface area (TPSA) is 77.8 Å². The normalized spacial score (nSPS) is 18.4. The molecule has 0 amide bonds. The molecule has 1 spiro atoms. The predicted octanol–water partition coefficient (Wildman–Crippen LogP) is 11.9. The molecule has 0 fully saturated rings. The smallest absolute Gasteiger partial charge is 0.248 e. The van der Waals surface area contributed by atoms with Crippen LogP contribution < -0.4 is 0 Å². The lowest BCUT2D eigenvalue weighted by Gasteiger charge is -2.32. The third-order valence-electron chi connectivity index (χ3n) is 11.7. The SMILES string of the molecule is CC(C)(C)c1ccc(-c2nnc(-c3ccc4c(c3)[C@]3(C5=CC(c6nnc(-c7ccc(C(C)(C)C)cc7)o6)CC=C5c5ccccc53)c3ccccc3-4)o2)cc1. The standard InChI is InChI=1S/C49H42N4O2/c1-47(2,3)33-21-15-29(16-22-33)43-50-52-45(54-43)31-19-25-37-35-11-7-9-13-39(35)49(41(37)27-31)40-14-10-8-12-36(40)38-26-20-32(28-42(38)49)46-53-51-44(55-46)30-17-23-34(24-18-30)48(4,5)6/h7-19,21-28,32H,20H2,1-6H3/t32?,49-/m0/s1. The molecule has 3 aliphatic rings. The van der Waals surface area contributed by atoms with Gasteiger partial charge in [0.2, 0.25) is 23.6 Å². The number of hydrogen-bond donors (Lipinski definition) is 0. The van der Waals surface area contributed by atoms with Crippen molar-refractivity contribution in [1.82, 2.24) is 20.4 Å². The summed E-state index contributed by atoms with van der Waals surface area (Å²) < 4.78 is 12.9. The average molecular weight is 719 g/mol. The van der Waals surface area contributed by atoms with Crippen molar-refractivity contribution in [3.05, 3.63) is 172 Å². The first-order valence-electron chi connectivity index (χ1n) is 19.2. The third-order valence-corrected chi connectivity index (χ3v) is 11.7. The summed E-state index contributed by atoms with van der Waals surface area (Å²) in [5.41, 5.74) is 14.7. The summed E-state index contributed by atoms with van der Waals surface area (Å²) in [5, 5.41) is 18.2. The van der Waals surface area contributed by atoms with Crippen molar-refractivity contribution in [2.75, 3.05) is 0 Å². The number of rotatable bonds is 4. The minimum atomic E-state index is -0.555. The quantitative estimate of drug-likeness (QED) is 0.180. The van der Waals surface area contributed by atoms with E-state index in [1.807, 2.05) is 0 Å². The van der Waals surface area contributed by atoms with Crippen molar-refractivity contribution in [3.8, 4) is 45.5 Å². The molecule has 0 aliphatic heterocycles. The molecule has 6 nitrogen and oxygen atoms in total. The summed E-state index contributed by atoms with van der Waals surface area (Å²) in [4.78, 5) is 0. The summed E-state index contributed by atoms with van der Waals surface area (Å²) in [7, 11) is 0. The lowest BCUT2D eigenvalue weighted by Crippen LogP contribution is -2.27. The van der Waals surface area contributed by atoms with Gasteiger partial charge in [0.05, 0.1) is 11.3 Å². The van der Waals surface area contributed by atoms with Gasteiger partial charge in [-0.2, -0.15) is 0 Å². The van der Waals surface area contributed by atoms with Crippen molar-refractivity contribution < 1.29 is 8.83 Å². The first-order chi connectivity index (χ1) is 26.5. The molecule has 2 aromatic heterocycles. The number of benzene rings is 5. The molecule has 1 unspecified atom stereocenters. The van der Waals surface area contributed by atoms with Crippen molar-refractivity contribution in [2.45, 2.75) is 70.1 Å². The highest BCUT2D eigenvalue weighted by Gasteiger charge is 2.54. The van der Waals surface area contributed by atoms with E-state index >= 15 is 0 Å². The minimum absolute atomic E-state index is 0.0609. The summed E-state index contributed by atoms with van der Waals surface area (Å²) in [6.45, 7) is 13.3. The summed E-state index contributed by atoms with van der Waals surface area (Å²) in [6.07, 6.45) is 5.53. The Morgan fingerprint density at radius 2 is 1.04 bits per heavy atom. The van der Waals surface area contributed by atoms with Crippen LogP contribution in [-0.4, -0.2) is 20.4 Å². The van der Waals surface area contributed by atoms with E-state index in [0.717, 1.165) is 23.1 Å². The van der Waals surface area contributed by atoms with Gasteiger partial charge < -0.3 is 8.83 Å². The van der Waals surface area contributed by atoms with E-state index in [4.69, 9.17) is 8.83 Å². The Labute approximate surface area is 321 Å². The maximum atomic E-state index is 6.47. The van der Waals surface area contributed by atoms with Crippen LogP contribution >= 0.6 is 0 Å². The Bertz CT molecular complexity index is 2700. The molecule has 7 aromatic rings. The van der Waals surface area contributed by atoms with E-state index in [1.165, 1.54) is 55.7 Å². The molecular weight excluding hydrogens is 677 g/mol. The van der Waals surface area contributed by atoms with Gasteiger partial charge in [0.1, 0.15) is 0 Å². The lowest BCUT2D eigenvalue weighted by atomic mass is 9.68. The molecule has 0 saturated heterocycles. The molecule has 270 valence electrons. The van der Waals surface area contributed by atoms with E-state index in [9.17, 15) is 0 Å². The van der Waals surface area contributed by atoms with Crippen molar-refractivity contribution in [1.29, 1.82) is 0 Å². The minimum Gasteiger partial charge on any atom is -0.420 e. The summed E-state index contributed by atoms with van der Waals surface area (Å²) >= 11 is 0. The molecule has 0 N–H and O–H groups in total. The number of aromatic nitrogens is 4. The Hall–Kier alpha value is -6.14. The molecular formula is C49H42N4O2. The van der Waals surface area contributed by atoms with Crippen molar-refractivity contribution >= 4 is 5.57 Å². The second-order valence-electron chi connectivity index (χ2n) is 17.2. The molecule has 55 heavy (non-hydrogen) atoms. The van der Waals surface area contributed by atoms with Crippen molar-refractivity contribution in [3.63, 3.8) is 0 Å². The average Bonchev–Trinajstić information content (AvgIpc) is 3.99. The van der Waals surface area contributed by atoms with Gasteiger partial charge >= 0.3 is 0 Å². The highest BCUT2D eigenvalue weighted by Crippen LogP contribution is 2.65. The monoisotopic (exact) mass is 718 g/mol. The molecule has 5 aromatic carbocycles. The number of fused-ring (bicyclic) bond motifs is 10. The van der Waals surface area contributed by atoms with E-state index in [2.05, 4.69) is 189 Å². The fourth-order valence-corrected chi connectivity index (χ4v) is 8.83. The van der Waals surface area contributed by atoms with Crippen LogP contribution in [0.25, 0.3) is 51.1 Å². The molecule has 2 heterocycles. The second kappa shape index (κ2) is 11.9. The van der Waals surface area contributed by atoms with Crippen LogP contribution in [0.5, 0.6) is 0 Å². The highest BCUT2D eigenvalue weighted by molar-refractivity contribution is 6.00. The number of nitrogens with zero attached hydrogens (tertiary/aromatic N) is 4. The maximum absolute atomic E-state index is 6.47. The largest absolute Gasteiger partial charge is 0.420 e. The van der Waals surface area contributed by atoms with Gasteiger partial charge in [0, 0.05) is 16.7 Å². The maximum Gasteiger partial charge on any atom is 0.248 e. The Kier molecular flexibility index (Phi) is 7.25. The van der Waals surface area contributed by atoms with Gasteiger partial charge in [-0.25, -0.2) is 0 Å². The summed E-state index contributed by atoms with van der Waals surface area (Å²) in [5.74, 6) is 2.08. The molecule has 3 aliphatic carbocycles. The van der Waals surface area contributed by atoms with Gasteiger partial charge in [0.15, 0.2) is 0 Å². The van der Waals surface area contributed by atoms with E-state index in [0.29, 0.717) is 23.6 Å². The number of hydrogen-bond acceptors (Lipinski definition) is 6. The highest BCUT2D eigenvalue weighted by atomic mass is 16.4. The van der Waals surface area contributed by atoms with E-state index in [1.54, 1.807) is 0 Å². The Morgan fingerprint density at radius 3 is 1.67 bits per heavy atom. The van der Waals surface area contributed by atoms with Crippen molar-refractivity contribution in [2.24, 2.45) is 0 Å². The van der Waals surface area contributed by atoms with Crippen LogP contribution in [0.3, 0.4) is 0 Å². The van der Waals surface area contributed by atoms with Crippen LogP contribution in [0.2, 0.25) is 0 Å². The zero-order valence-corrected chi connectivity index (χ0v) is 32.0. The third kappa shape index (κ3) is 5.15. The predicted molar refractivity (Wildman–Crippen MR) is 217 cm³/mol. The Morgan fingerprint density at radius 1 is 0.527 bits per heavy atom. The molecule has 6 heteroatoms. The fourth-order valence-electron chi connectivity index (χ4n) is 8.83. The zero-order valence-electron chi connectivity index (χ0n) is 32.0. The van der Waals surface area contributed by atoms with Crippen LogP contribution in [-0.2, 0) is 16.2 Å². The fraction of sp³-hybridized carbons (Fsp3) is 0.224. The molecule has 0 saturated carbocycles. The van der Waals surface area contributed by atoms with Gasteiger partial charge in [-0.1, -0.05) is 133 Å². The van der Waals surface area contributed by atoms with Gasteiger partial charge in [-0.15, -0.1) is 20.4 Å². The first kappa shape index (κ1) is 33.4. The van der Waals surface area contributed by atoms with E-state index < -0.39 is 5.41 Å². The Balaban J connectivity index is 1.08. The summed E-state index contributed by atoms with van der Waals surface area (Å²) in [6, 6.07) is 41.2. The molecule has 0 radical (unpaired) electrons. The van der Waals surface area contributed by atoms with Gasteiger partial charge in [0.25, 0.3) is 0 Å². The van der Waals surface area contributed by atoms with Crippen LogP contribution in [0.1, 0.15) is 93.2 Å². The first-order valence-corrected chi connectivity index (χ1v) is 19.2. The zero-order chi connectivity index (χ0) is 37.7. The van der Waals surface area contributed by atoms with E-state index in [-0.39, 0.29) is 16.7 Å². The van der Waals surface area contributed by atoms with Crippen LogP contribution in [0.4, 0.5) is 0 Å². The second-order valence-corrected chi connectivity index (χ2v) is 17.2. The lowest BCUT2D eigenvalue weighted by molar-refractivity contribution is 0.482. The molecule has 0 bridgehead atoms. The number of allylic oxidation sites excluding steroid dienone is 4. The molecule has 2 atom stereocenters. The van der Waals surface area contributed by atoms with Crippen LogP contribution in [0, 0.1) is 0 Å². The van der Waals surface area contributed by atoms with Gasteiger partial charge in [-0.3, -0.25) is 0 Å². The molecule has 10 rings (SSSR count). The van der Waals surface area contributed by atoms with Crippen LogP contribution in [0.15, 0.2) is 142 Å². The van der Waals surface area contributed by atoms with Gasteiger partial charge in [-0.05, 0) is 109 Å².